The molecule has 0 aliphatic rings. The molecule has 0 saturated heterocycles. The summed E-state index contributed by atoms with van der Waals surface area (Å²) >= 11 is 1.71. The van der Waals surface area contributed by atoms with Crippen molar-refractivity contribution in [3.63, 3.8) is 0 Å². The monoisotopic (exact) mass is 262 g/mol. The van der Waals surface area contributed by atoms with Gasteiger partial charge in [0.15, 0.2) is 0 Å². The smallest absolute Gasteiger partial charge is 0.315 e. The second-order valence-corrected chi connectivity index (χ2v) is 6.82. The molecule has 0 radical (unpaired) electrons. The van der Waals surface area contributed by atoms with Crippen molar-refractivity contribution in [2.24, 2.45) is 5.41 Å². The number of hydrogen-bond donors (Lipinski definition) is 3. The summed E-state index contributed by atoms with van der Waals surface area (Å²) < 4.78 is 0. The molecular formula is C12H26N2O2S. The van der Waals surface area contributed by atoms with Crippen LogP contribution in [-0.4, -0.2) is 41.8 Å². The van der Waals surface area contributed by atoms with E-state index < -0.39 is 0 Å². The minimum absolute atomic E-state index is 0.0250. The summed E-state index contributed by atoms with van der Waals surface area (Å²) in [7, 11) is 0. The lowest BCUT2D eigenvalue weighted by Gasteiger charge is -2.25. The highest BCUT2D eigenvalue weighted by Crippen LogP contribution is 2.20. The van der Waals surface area contributed by atoms with E-state index in [0.717, 1.165) is 6.42 Å². The fourth-order valence-electron chi connectivity index (χ4n) is 1.46. The van der Waals surface area contributed by atoms with E-state index in [2.05, 4.69) is 38.3 Å². The van der Waals surface area contributed by atoms with Crippen LogP contribution < -0.4 is 10.6 Å². The summed E-state index contributed by atoms with van der Waals surface area (Å²) in [5.41, 5.74) is 0.0905. The van der Waals surface area contributed by atoms with Gasteiger partial charge in [-0.25, -0.2) is 4.79 Å². The van der Waals surface area contributed by atoms with Crippen LogP contribution in [0.3, 0.4) is 0 Å². The molecule has 3 N–H and O–H groups in total. The van der Waals surface area contributed by atoms with Crippen LogP contribution in [0.25, 0.3) is 0 Å². The minimum Gasteiger partial charge on any atom is -0.394 e. The lowest BCUT2D eigenvalue weighted by molar-refractivity contribution is 0.191. The number of carbonyl (C=O) groups excluding carboxylic acids is 1. The largest absolute Gasteiger partial charge is 0.394 e. The van der Waals surface area contributed by atoms with Gasteiger partial charge < -0.3 is 15.7 Å². The molecule has 0 aromatic heterocycles. The number of urea groups is 1. The van der Waals surface area contributed by atoms with Gasteiger partial charge >= 0.3 is 6.03 Å². The van der Waals surface area contributed by atoms with Crippen molar-refractivity contribution in [2.45, 2.75) is 45.4 Å². The molecule has 0 bridgehead atoms. The van der Waals surface area contributed by atoms with Gasteiger partial charge in [0.05, 0.1) is 12.6 Å². The average Bonchev–Trinajstić information content (AvgIpc) is 2.22. The first-order chi connectivity index (χ1) is 7.78. The highest BCUT2D eigenvalue weighted by Gasteiger charge is 2.19. The maximum atomic E-state index is 11.6. The van der Waals surface area contributed by atoms with Gasteiger partial charge in [-0.2, -0.15) is 11.8 Å². The van der Waals surface area contributed by atoms with E-state index in [1.54, 1.807) is 11.8 Å². The van der Waals surface area contributed by atoms with E-state index in [9.17, 15) is 9.90 Å². The van der Waals surface area contributed by atoms with Crippen molar-refractivity contribution in [2.75, 3.05) is 19.4 Å². The number of thioether (sulfide) groups is 1. The van der Waals surface area contributed by atoms with Crippen molar-refractivity contribution >= 4 is 17.8 Å². The molecule has 17 heavy (non-hydrogen) atoms. The van der Waals surface area contributed by atoms with Gasteiger partial charge in [-0.1, -0.05) is 27.7 Å². The zero-order valence-corrected chi connectivity index (χ0v) is 12.4. The molecule has 0 rings (SSSR count). The summed E-state index contributed by atoms with van der Waals surface area (Å²) in [6.45, 7) is 8.94. The summed E-state index contributed by atoms with van der Waals surface area (Å²) in [6, 6.07) is -0.381. The molecule has 0 aromatic carbocycles. The number of hydrogen-bond acceptors (Lipinski definition) is 3. The molecule has 0 spiro atoms. The Balaban J connectivity index is 3.98. The highest BCUT2D eigenvalue weighted by molar-refractivity contribution is 7.99. The van der Waals surface area contributed by atoms with Gasteiger partial charge in [0.25, 0.3) is 0 Å². The molecule has 0 aliphatic heterocycles. The summed E-state index contributed by atoms with van der Waals surface area (Å²) in [5, 5.41) is 15.2. The van der Waals surface area contributed by atoms with Crippen LogP contribution >= 0.6 is 11.8 Å². The molecule has 2 unspecified atom stereocenters. The fraction of sp³-hybridized carbons (Fsp3) is 0.917. The molecule has 2 amide bonds. The van der Waals surface area contributed by atoms with Crippen molar-refractivity contribution in [3.8, 4) is 0 Å². The van der Waals surface area contributed by atoms with E-state index >= 15 is 0 Å². The molecule has 102 valence electrons. The van der Waals surface area contributed by atoms with Gasteiger partial charge in [-0.05, 0) is 18.1 Å². The Bertz CT molecular complexity index is 229. The maximum Gasteiger partial charge on any atom is 0.315 e. The van der Waals surface area contributed by atoms with Crippen molar-refractivity contribution in [1.29, 1.82) is 0 Å². The second-order valence-electron chi connectivity index (χ2n) is 5.54. The number of rotatable bonds is 6. The van der Waals surface area contributed by atoms with Crippen LogP contribution in [0.5, 0.6) is 0 Å². The molecule has 0 aliphatic carbocycles. The Labute approximate surface area is 109 Å². The van der Waals surface area contributed by atoms with Gasteiger partial charge in [0.2, 0.25) is 0 Å². The maximum absolute atomic E-state index is 11.6. The van der Waals surface area contributed by atoms with Gasteiger partial charge in [-0.15, -0.1) is 0 Å². The standard InChI is InChI=1S/C12H26N2O2S/c1-9(17-5)7-13-11(16)14-10(8-15)6-12(2,3)4/h9-10,15H,6-8H2,1-5H3,(H2,13,14,16). The van der Waals surface area contributed by atoms with Crippen LogP contribution in [0, 0.1) is 5.41 Å². The van der Waals surface area contributed by atoms with Crippen molar-refractivity contribution in [1.82, 2.24) is 10.6 Å². The van der Waals surface area contributed by atoms with E-state index in [4.69, 9.17) is 0 Å². The second kappa shape index (κ2) is 7.82. The number of nitrogens with one attached hydrogen (secondary N) is 2. The molecular weight excluding hydrogens is 236 g/mol. The van der Waals surface area contributed by atoms with Crippen LogP contribution in [0.1, 0.15) is 34.1 Å². The topological polar surface area (TPSA) is 61.4 Å². The Kier molecular flexibility index (Phi) is 7.63. The lowest BCUT2D eigenvalue weighted by Crippen LogP contribution is -2.46. The van der Waals surface area contributed by atoms with Crippen LogP contribution in [0.4, 0.5) is 4.79 Å². The summed E-state index contributed by atoms with van der Waals surface area (Å²) in [5.74, 6) is 0. The Morgan fingerprint density at radius 3 is 2.41 bits per heavy atom. The number of aliphatic hydroxyl groups excluding tert-OH is 1. The average molecular weight is 262 g/mol. The third kappa shape index (κ3) is 9.30. The SMILES string of the molecule is CSC(C)CNC(=O)NC(CO)CC(C)(C)C. The third-order valence-corrected chi connectivity index (χ3v) is 3.34. The number of amides is 2. The lowest BCUT2D eigenvalue weighted by atomic mass is 9.88. The normalized spacial score (nSPS) is 15.2. The quantitative estimate of drug-likeness (QED) is 0.684. The van der Waals surface area contributed by atoms with Crippen molar-refractivity contribution in [3.05, 3.63) is 0 Å². The van der Waals surface area contributed by atoms with E-state index in [1.165, 1.54) is 0 Å². The zero-order valence-electron chi connectivity index (χ0n) is 11.5. The first-order valence-electron chi connectivity index (χ1n) is 5.96. The fourth-order valence-corrected chi connectivity index (χ4v) is 1.71. The molecule has 0 fully saturated rings. The van der Waals surface area contributed by atoms with E-state index in [-0.39, 0.29) is 24.1 Å². The van der Waals surface area contributed by atoms with Gasteiger partial charge in [-0.3, -0.25) is 0 Å². The molecule has 0 aromatic rings. The predicted molar refractivity (Wildman–Crippen MR) is 74.5 cm³/mol. The summed E-state index contributed by atoms with van der Waals surface area (Å²) in [4.78, 5) is 11.6. The van der Waals surface area contributed by atoms with Gasteiger partial charge in [0, 0.05) is 11.8 Å². The molecule has 0 saturated carbocycles. The first kappa shape index (κ1) is 16.6. The number of carbonyl (C=O) groups is 1. The summed E-state index contributed by atoms with van der Waals surface area (Å²) in [6.07, 6.45) is 2.77. The van der Waals surface area contributed by atoms with Crippen LogP contribution in [0.15, 0.2) is 0 Å². The minimum atomic E-state index is -0.200. The van der Waals surface area contributed by atoms with E-state index in [1.807, 2.05) is 6.26 Å². The zero-order chi connectivity index (χ0) is 13.5. The third-order valence-electron chi connectivity index (χ3n) is 2.37. The van der Waals surface area contributed by atoms with Crippen LogP contribution in [0.2, 0.25) is 0 Å². The van der Waals surface area contributed by atoms with E-state index in [0.29, 0.717) is 11.8 Å². The Morgan fingerprint density at radius 1 is 1.41 bits per heavy atom. The molecule has 0 heterocycles. The highest BCUT2D eigenvalue weighted by atomic mass is 32.2. The van der Waals surface area contributed by atoms with Crippen LogP contribution in [-0.2, 0) is 0 Å². The van der Waals surface area contributed by atoms with Gasteiger partial charge in [0.1, 0.15) is 0 Å². The van der Waals surface area contributed by atoms with Crippen molar-refractivity contribution < 1.29 is 9.90 Å². The molecule has 2 atom stereocenters. The molecule has 5 heteroatoms. The Hall–Kier alpha value is -0.420. The Morgan fingerprint density at radius 2 is 2.00 bits per heavy atom. The predicted octanol–water partition coefficient (Wildman–Crippen LogP) is 1.83. The number of aliphatic hydroxyl groups is 1. The molecule has 4 nitrogen and oxygen atoms in total. The first-order valence-corrected chi connectivity index (χ1v) is 7.25.